The highest BCUT2D eigenvalue weighted by atomic mass is 16.2. The molecule has 0 radical (unpaired) electrons. The van der Waals surface area contributed by atoms with Crippen molar-refractivity contribution in [2.24, 2.45) is 5.92 Å². The minimum atomic E-state index is -0.216. The second kappa shape index (κ2) is 7.70. The Balaban J connectivity index is 1.50. The number of carbonyl (C=O) groups is 3. The molecule has 0 spiro atoms. The van der Waals surface area contributed by atoms with Crippen molar-refractivity contribution in [3.8, 4) is 0 Å². The molecular weight excluding hydrogens is 366 g/mol. The molecule has 2 aromatic carbocycles. The Hall–Kier alpha value is -3.15. The van der Waals surface area contributed by atoms with Crippen LogP contribution in [0.1, 0.15) is 42.6 Å². The van der Waals surface area contributed by atoms with E-state index in [1.165, 1.54) is 0 Å². The quantitative estimate of drug-likeness (QED) is 0.866. The molecule has 2 heterocycles. The molecule has 0 bridgehead atoms. The van der Waals surface area contributed by atoms with Crippen LogP contribution < -0.4 is 15.1 Å². The molecule has 1 fully saturated rings. The van der Waals surface area contributed by atoms with Crippen LogP contribution in [0.4, 0.5) is 17.1 Å². The summed E-state index contributed by atoms with van der Waals surface area (Å²) in [5.41, 5.74) is 3.97. The smallest absolute Gasteiger partial charge is 0.255 e. The van der Waals surface area contributed by atoms with Gasteiger partial charge in [0.25, 0.3) is 5.91 Å². The molecule has 0 atom stereocenters. The van der Waals surface area contributed by atoms with Gasteiger partial charge in [0.1, 0.15) is 0 Å². The van der Waals surface area contributed by atoms with Gasteiger partial charge in [0.05, 0.1) is 0 Å². The van der Waals surface area contributed by atoms with E-state index < -0.39 is 0 Å². The summed E-state index contributed by atoms with van der Waals surface area (Å²) in [5.74, 6) is -0.0443. The molecule has 0 aliphatic carbocycles. The Kier molecular flexibility index (Phi) is 5.09. The lowest BCUT2D eigenvalue weighted by Gasteiger charge is -2.19. The van der Waals surface area contributed by atoms with Crippen molar-refractivity contribution in [3.05, 3.63) is 53.6 Å². The molecule has 0 saturated carbocycles. The Labute approximate surface area is 170 Å². The molecule has 150 valence electrons. The van der Waals surface area contributed by atoms with E-state index >= 15 is 0 Å². The van der Waals surface area contributed by atoms with Gasteiger partial charge in [0.2, 0.25) is 11.8 Å². The average Bonchev–Trinajstić information content (AvgIpc) is 3.33. The van der Waals surface area contributed by atoms with Crippen molar-refractivity contribution < 1.29 is 14.4 Å². The van der Waals surface area contributed by atoms with E-state index in [0.717, 1.165) is 29.8 Å². The third-order valence-electron chi connectivity index (χ3n) is 5.49. The van der Waals surface area contributed by atoms with E-state index in [0.29, 0.717) is 30.8 Å². The van der Waals surface area contributed by atoms with Crippen molar-refractivity contribution in [1.82, 2.24) is 0 Å². The fraction of sp³-hybridized carbons (Fsp3) is 0.348. The maximum Gasteiger partial charge on any atom is 0.255 e. The Morgan fingerprint density at radius 1 is 1.03 bits per heavy atom. The van der Waals surface area contributed by atoms with Gasteiger partial charge in [0.15, 0.2) is 0 Å². The predicted octanol–water partition coefficient (Wildman–Crippen LogP) is 3.61. The van der Waals surface area contributed by atoms with Gasteiger partial charge >= 0.3 is 0 Å². The van der Waals surface area contributed by atoms with Crippen molar-refractivity contribution in [1.29, 1.82) is 0 Å². The number of fused-ring (bicyclic) bond motifs is 1. The zero-order valence-electron chi connectivity index (χ0n) is 16.8. The number of hydrogen-bond donors (Lipinski definition) is 1. The number of anilines is 3. The van der Waals surface area contributed by atoms with Gasteiger partial charge in [-0.25, -0.2) is 0 Å². The second-order valence-corrected chi connectivity index (χ2v) is 7.89. The first-order valence-electron chi connectivity index (χ1n) is 10.1. The Morgan fingerprint density at radius 2 is 1.86 bits per heavy atom. The fourth-order valence-electron chi connectivity index (χ4n) is 3.96. The van der Waals surface area contributed by atoms with E-state index in [1.807, 2.05) is 43.0 Å². The summed E-state index contributed by atoms with van der Waals surface area (Å²) >= 11 is 0. The zero-order chi connectivity index (χ0) is 20.5. The van der Waals surface area contributed by atoms with Crippen LogP contribution in [0.5, 0.6) is 0 Å². The molecule has 6 nitrogen and oxygen atoms in total. The molecule has 0 unspecified atom stereocenters. The summed E-state index contributed by atoms with van der Waals surface area (Å²) in [6.07, 6.45) is 2.19. The van der Waals surface area contributed by atoms with Crippen LogP contribution in [0, 0.1) is 5.92 Å². The maximum atomic E-state index is 12.7. The molecule has 2 aliphatic heterocycles. The normalized spacial score (nSPS) is 15.8. The summed E-state index contributed by atoms with van der Waals surface area (Å²) in [7, 11) is 0. The van der Waals surface area contributed by atoms with Gasteiger partial charge in [-0.05, 0) is 54.8 Å². The lowest BCUT2D eigenvalue weighted by Crippen LogP contribution is -2.32. The summed E-state index contributed by atoms with van der Waals surface area (Å²) < 4.78 is 0. The number of carbonyl (C=O) groups excluding carboxylic acids is 3. The number of hydrogen-bond acceptors (Lipinski definition) is 3. The summed E-state index contributed by atoms with van der Waals surface area (Å²) in [5, 5.41) is 2.94. The van der Waals surface area contributed by atoms with Crippen molar-refractivity contribution in [3.63, 3.8) is 0 Å². The third-order valence-corrected chi connectivity index (χ3v) is 5.49. The van der Waals surface area contributed by atoms with Crippen molar-refractivity contribution >= 4 is 34.8 Å². The number of nitrogens with one attached hydrogen (secondary N) is 1. The van der Waals surface area contributed by atoms with Gasteiger partial charge in [0, 0.05) is 48.1 Å². The highest BCUT2D eigenvalue weighted by molar-refractivity contribution is 6.06. The minimum Gasteiger partial charge on any atom is -0.322 e. The highest BCUT2D eigenvalue weighted by Gasteiger charge is 2.26. The minimum absolute atomic E-state index is 0.0462. The van der Waals surface area contributed by atoms with Crippen LogP contribution in [0.15, 0.2) is 42.5 Å². The maximum absolute atomic E-state index is 12.7. The van der Waals surface area contributed by atoms with Gasteiger partial charge in [-0.2, -0.15) is 0 Å². The van der Waals surface area contributed by atoms with Crippen LogP contribution >= 0.6 is 0 Å². The summed E-state index contributed by atoms with van der Waals surface area (Å²) in [6, 6.07) is 12.8. The topological polar surface area (TPSA) is 69.7 Å². The van der Waals surface area contributed by atoms with Gasteiger partial charge in [-0.1, -0.05) is 19.9 Å². The van der Waals surface area contributed by atoms with E-state index in [9.17, 15) is 14.4 Å². The monoisotopic (exact) mass is 391 g/mol. The molecule has 29 heavy (non-hydrogen) atoms. The first-order valence-corrected chi connectivity index (χ1v) is 10.1. The van der Waals surface area contributed by atoms with Crippen LogP contribution in [-0.2, 0) is 16.0 Å². The van der Waals surface area contributed by atoms with Crippen LogP contribution in [0.3, 0.4) is 0 Å². The van der Waals surface area contributed by atoms with Crippen LogP contribution in [-0.4, -0.2) is 30.8 Å². The van der Waals surface area contributed by atoms with Gasteiger partial charge < -0.3 is 15.1 Å². The molecule has 0 aromatic heterocycles. The highest BCUT2D eigenvalue weighted by Crippen LogP contribution is 2.32. The zero-order valence-corrected chi connectivity index (χ0v) is 16.8. The van der Waals surface area contributed by atoms with E-state index in [-0.39, 0.29) is 23.6 Å². The number of rotatable bonds is 4. The largest absolute Gasteiger partial charge is 0.322 e. The molecule has 4 rings (SSSR count). The Morgan fingerprint density at radius 3 is 2.59 bits per heavy atom. The molecule has 6 heteroatoms. The van der Waals surface area contributed by atoms with Gasteiger partial charge in [-0.15, -0.1) is 0 Å². The number of nitrogens with zero attached hydrogens (tertiary/aromatic N) is 2. The van der Waals surface area contributed by atoms with Crippen molar-refractivity contribution in [2.45, 2.75) is 33.1 Å². The first kappa shape index (κ1) is 19.2. The summed E-state index contributed by atoms with van der Waals surface area (Å²) in [6.45, 7) is 5.17. The van der Waals surface area contributed by atoms with Crippen molar-refractivity contribution in [2.75, 3.05) is 28.2 Å². The molecule has 2 aromatic rings. The lowest BCUT2D eigenvalue weighted by atomic mass is 10.1. The van der Waals surface area contributed by atoms with E-state index in [1.54, 1.807) is 23.1 Å². The predicted molar refractivity (Wildman–Crippen MR) is 113 cm³/mol. The van der Waals surface area contributed by atoms with Gasteiger partial charge in [-0.3, -0.25) is 14.4 Å². The van der Waals surface area contributed by atoms with E-state index in [4.69, 9.17) is 0 Å². The molecule has 1 N–H and O–H groups in total. The molecule has 3 amide bonds. The molecular formula is C23H25N3O3. The number of amides is 3. The average molecular weight is 391 g/mol. The molecule has 1 saturated heterocycles. The fourth-order valence-corrected chi connectivity index (χ4v) is 3.96. The summed E-state index contributed by atoms with van der Waals surface area (Å²) in [4.78, 5) is 40.6. The van der Waals surface area contributed by atoms with Crippen LogP contribution in [0.25, 0.3) is 0 Å². The second-order valence-electron chi connectivity index (χ2n) is 7.89. The van der Waals surface area contributed by atoms with E-state index in [2.05, 4.69) is 5.32 Å². The molecule has 2 aliphatic rings. The number of benzene rings is 2. The Bertz CT molecular complexity index is 983. The van der Waals surface area contributed by atoms with Crippen LogP contribution in [0.2, 0.25) is 0 Å². The SMILES string of the molecule is CC(C)C(=O)N1CCc2cc(NC(=O)c3cccc(N4CCCC4=O)c3)ccc21. The third kappa shape index (κ3) is 3.75. The first-order chi connectivity index (χ1) is 13.9. The standard InChI is InChI=1S/C23H25N3O3/c1-15(2)23(29)26-12-10-16-13-18(8-9-20(16)26)24-22(28)17-5-3-6-19(14-17)25-11-4-7-21(25)27/h3,5-6,8-9,13-15H,4,7,10-12H2,1-2H3,(H,24,28). The lowest BCUT2D eigenvalue weighted by molar-refractivity contribution is -0.121.